The van der Waals surface area contributed by atoms with Crippen molar-refractivity contribution in [2.45, 2.75) is 19.1 Å². The van der Waals surface area contributed by atoms with E-state index in [1.807, 2.05) is 55.5 Å². The van der Waals surface area contributed by atoms with Crippen molar-refractivity contribution in [2.24, 2.45) is 5.92 Å². The van der Waals surface area contributed by atoms with Gasteiger partial charge in [-0.3, -0.25) is 14.4 Å². The Balaban J connectivity index is 1.54. The van der Waals surface area contributed by atoms with Crippen molar-refractivity contribution in [1.82, 2.24) is 0 Å². The minimum atomic E-state index is -0.926. The lowest BCUT2D eigenvalue weighted by Gasteiger charge is -2.29. The zero-order chi connectivity index (χ0) is 23.8. The maximum Gasteiger partial charge on any atom is 0.266 e. The van der Waals surface area contributed by atoms with E-state index in [2.05, 4.69) is 15.9 Å². The van der Waals surface area contributed by atoms with Gasteiger partial charge in [0.15, 0.2) is 6.10 Å². The molecule has 174 valence electrons. The number of carbonyl (C=O) groups is 2. The van der Waals surface area contributed by atoms with Crippen LogP contribution in [0.3, 0.4) is 0 Å². The quantitative estimate of drug-likeness (QED) is 0.428. The average molecular weight is 523 g/mol. The van der Waals surface area contributed by atoms with E-state index in [9.17, 15) is 9.59 Å². The van der Waals surface area contributed by atoms with Crippen LogP contribution in [0.5, 0.6) is 11.5 Å². The highest BCUT2D eigenvalue weighted by Gasteiger charge is 2.60. The second-order valence-electron chi connectivity index (χ2n) is 7.99. The number of para-hydroxylation sites is 1. The number of hydrogen-bond acceptors (Lipinski definition) is 6. The molecule has 3 aromatic carbocycles. The van der Waals surface area contributed by atoms with Crippen LogP contribution in [0.2, 0.25) is 0 Å². The fourth-order valence-electron chi connectivity index (χ4n) is 4.53. The fraction of sp³-hybridized carbons (Fsp3) is 0.231. The molecule has 7 nitrogen and oxygen atoms in total. The molecule has 2 saturated heterocycles. The van der Waals surface area contributed by atoms with Gasteiger partial charge in [-0.05, 0) is 76.9 Å². The van der Waals surface area contributed by atoms with Crippen LogP contribution in [0.4, 0.5) is 11.4 Å². The number of anilines is 2. The van der Waals surface area contributed by atoms with E-state index in [1.165, 1.54) is 4.90 Å². The number of hydroxylamine groups is 1. The van der Waals surface area contributed by atoms with E-state index in [0.29, 0.717) is 23.8 Å². The van der Waals surface area contributed by atoms with E-state index in [0.717, 1.165) is 15.7 Å². The van der Waals surface area contributed by atoms with E-state index in [-0.39, 0.29) is 11.8 Å². The Morgan fingerprint density at radius 3 is 2.32 bits per heavy atom. The number of rotatable bonds is 6. The molecule has 0 bridgehead atoms. The molecule has 0 radical (unpaired) electrons. The molecule has 5 rings (SSSR count). The largest absolute Gasteiger partial charge is 0.496 e. The molecule has 0 saturated carbocycles. The smallest absolute Gasteiger partial charge is 0.266 e. The molecular formula is C26H23BrN2O5. The van der Waals surface area contributed by atoms with Gasteiger partial charge in [0.1, 0.15) is 17.4 Å². The fourth-order valence-corrected chi connectivity index (χ4v) is 5.09. The van der Waals surface area contributed by atoms with E-state index >= 15 is 0 Å². The van der Waals surface area contributed by atoms with Crippen molar-refractivity contribution in [3.63, 3.8) is 0 Å². The Labute approximate surface area is 205 Å². The van der Waals surface area contributed by atoms with Gasteiger partial charge >= 0.3 is 0 Å². The first kappa shape index (κ1) is 22.4. The van der Waals surface area contributed by atoms with Crippen LogP contribution in [0.1, 0.15) is 18.5 Å². The van der Waals surface area contributed by atoms with Gasteiger partial charge in [0.2, 0.25) is 5.91 Å². The first-order chi connectivity index (χ1) is 16.5. The first-order valence-corrected chi connectivity index (χ1v) is 11.8. The summed E-state index contributed by atoms with van der Waals surface area (Å²) in [6, 6.07) is 21.6. The maximum atomic E-state index is 13.7. The molecule has 0 N–H and O–H groups in total. The molecule has 2 aliphatic heterocycles. The summed E-state index contributed by atoms with van der Waals surface area (Å²) in [6.45, 7) is 2.43. The van der Waals surface area contributed by atoms with Gasteiger partial charge in [0, 0.05) is 0 Å². The van der Waals surface area contributed by atoms with Crippen LogP contribution >= 0.6 is 15.9 Å². The van der Waals surface area contributed by atoms with E-state index in [4.69, 9.17) is 14.3 Å². The van der Waals surface area contributed by atoms with Crippen LogP contribution in [0.25, 0.3) is 0 Å². The Hall–Kier alpha value is -3.36. The van der Waals surface area contributed by atoms with Crippen LogP contribution in [0.15, 0.2) is 77.3 Å². The summed E-state index contributed by atoms with van der Waals surface area (Å²) in [5.41, 5.74) is 2.10. The summed E-state index contributed by atoms with van der Waals surface area (Å²) in [5.74, 6) is -0.0300. The molecule has 2 amide bonds. The van der Waals surface area contributed by atoms with Gasteiger partial charge in [-0.2, -0.15) is 0 Å². The minimum Gasteiger partial charge on any atom is -0.496 e. The molecule has 34 heavy (non-hydrogen) atoms. The van der Waals surface area contributed by atoms with Crippen LogP contribution in [-0.4, -0.2) is 31.6 Å². The van der Waals surface area contributed by atoms with Crippen LogP contribution in [-0.2, 0) is 14.4 Å². The van der Waals surface area contributed by atoms with Crippen LogP contribution in [0, 0.1) is 5.92 Å². The number of ether oxygens (including phenoxy) is 2. The lowest BCUT2D eigenvalue weighted by atomic mass is 9.90. The summed E-state index contributed by atoms with van der Waals surface area (Å²) < 4.78 is 11.6. The lowest BCUT2D eigenvalue weighted by molar-refractivity contribution is -0.126. The number of carbonyl (C=O) groups excluding carboxylic acids is 2. The third-order valence-corrected chi connectivity index (χ3v) is 6.67. The number of nitrogens with zero attached hydrogens (tertiary/aromatic N) is 2. The highest BCUT2D eigenvalue weighted by atomic mass is 79.9. The van der Waals surface area contributed by atoms with Crippen molar-refractivity contribution in [3.8, 4) is 11.5 Å². The second-order valence-corrected chi connectivity index (χ2v) is 8.85. The summed E-state index contributed by atoms with van der Waals surface area (Å²) >= 11 is 3.54. The Bertz CT molecular complexity index is 1220. The highest BCUT2D eigenvalue weighted by molar-refractivity contribution is 9.10. The van der Waals surface area contributed by atoms with Crippen molar-refractivity contribution >= 4 is 39.1 Å². The Kier molecular flexibility index (Phi) is 6.02. The average Bonchev–Trinajstić information content (AvgIpc) is 3.36. The number of imide groups is 1. The van der Waals surface area contributed by atoms with Crippen molar-refractivity contribution < 1.29 is 23.9 Å². The summed E-state index contributed by atoms with van der Waals surface area (Å²) in [7, 11) is 1.60. The standard InChI is InChI=1S/C26H23BrN2O5/c1-3-33-19-12-10-17(11-13-19)28-25(30)22-23(16-9-14-21(32-2)20(27)15-16)29(34-24(22)26(28)31)18-7-5-4-6-8-18/h4-15,22-24H,3H2,1-2H3. The van der Waals surface area contributed by atoms with Crippen LogP contribution < -0.4 is 19.4 Å². The van der Waals surface area contributed by atoms with E-state index < -0.39 is 18.1 Å². The molecule has 3 aromatic rings. The molecule has 2 heterocycles. The van der Waals surface area contributed by atoms with E-state index in [1.54, 1.807) is 36.4 Å². The molecule has 8 heteroatoms. The molecule has 3 atom stereocenters. The molecule has 0 aromatic heterocycles. The minimum absolute atomic E-state index is 0.297. The lowest BCUT2D eigenvalue weighted by Crippen LogP contribution is -2.37. The SMILES string of the molecule is CCOc1ccc(N2C(=O)C3ON(c4ccccc4)C(c4ccc(OC)c(Br)c4)C3C2=O)cc1. The second kappa shape index (κ2) is 9.12. The van der Waals surface area contributed by atoms with Gasteiger partial charge in [-0.1, -0.05) is 24.3 Å². The first-order valence-electron chi connectivity index (χ1n) is 11.0. The topological polar surface area (TPSA) is 68.3 Å². The number of amides is 2. The van der Waals surface area contributed by atoms with Gasteiger partial charge in [-0.25, -0.2) is 9.96 Å². The molecule has 2 fully saturated rings. The van der Waals surface area contributed by atoms with Gasteiger partial charge in [-0.15, -0.1) is 0 Å². The number of fused-ring (bicyclic) bond motifs is 1. The predicted molar refractivity (Wildman–Crippen MR) is 131 cm³/mol. The zero-order valence-corrected chi connectivity index (χ0v) is 20.3. The van der Waals surface area contributed by atoms with Gasteiger partial charge in [0.25, 0.3) is 5.91 Å². The van der Waals surface area contributed by atoms with Gasteiger partial charge in [0.05, 0.1) is 35.6 Å². The molecule has 0 aliphatic carbocycles. The zero-order valence-electron chi connectivity index (χ0n) is 18.7. The van der Waals surface area contributed by atoms with Gasteiger partial charge < -0.3 is 9.47 Å². The normalized spacial score (nSPS) is 21.7. The van der Waals surface area contributed by atoms with Crippen molar-refractivity contribution in [1.29, 1.82) is 0 Å². The molecular weight excluding hydrogens is 500 g/mol. The Morgan fingerprint density at radius 2 is 1.68 bits per heavy atom. The molecule has 2 aliphatic rings. The van der Waals surface area contributed by atoms with Crippen molar-refractivity contribution in [3.05, 3.63) is 82.8 Å². The third kappa shape index (κ3) is 3.73. The number of halogens is 1. The monoisotopic (exact) mass is 522 g/mol. The summed E-state index contributed by atoms with van der Waals surface area (Å²) in [6.07, 6.45) is -0.926. The molecule has 3 unspecified atom stereocenters. The number of benzene rings is 3. The summed E-state index contributed by atoms with van der Waals surface area (Å²) in [5, 5.41) is 1.68. The number of methoxy groups -OCH3 is 1. The predicted octanol–water partition coefficient (Wildman–Crippen LogP) is 4.91. The Morgan fingerprint density at radius 1 is 0.941 bits per heavy atom. The third-order valence-electron chi connectivity index (χ3n) is 6.05. The van der Waals surface area contributed by atoms with Crippen molar-refractivity contribution in [2.75, 3.05) is 23.7 Å². The molecule has 0 spiro atoms. The highest BCUT2D eigenvalue weighted by Crippen LogP contribution is 2.48. The summed E-state index contributed by atoms with van der Waals surface area (Å²) in [4.78, 5) is 34.5. The maximum absolute atomic E-state index is 13.7. The number of hydrogen-bond donors (Lipinski definition) is 0.